The van der Waals surface area contributed by atoms with E-state index in [-0.39, 0.29) is 11.5 Å². The van der Waals surface area contributed by atoms with Crippen molar-refractivity contribution >= 4 is 16.6 Å². The summed E-state index contributed by atoms with van der Waals surface area (Å²) in [7, 11) is -1.16. The topological polar surface area (TPSA) is 88.6 Å². The molecule has 6 heteroatoms. The van der Waals surface area contributed by atoms with Gasteiger partial charge in [0.2, 0.25) is 0 Å². The lowest BCUT2D eigenvalue weighted by Crippen LogP contribution is -2.18. The Bertz CT molecular complexity index is 379. The van der Waals surface area contributed by atoms with Crippen LogP contribution in [0.2, 0.25) is 0 Å². The summed E-state index contributed by atoms with van der Waals surface area (Å²) in [5.74, 6) is 0.347. The van der Waals surface area contributed by atoms with Crippen LogP contribution in [0.5, 0.6) is 0 Å². The first-order valence-corrected chi connectivity index (χ1v) is 5.33. The molecule has 0 unspecified atom stereocenters. The number of rotatable bonds is 3. The molecule has 14 heavy (non-hydrogen) atoms. The van der Waals surface area contributed by atoms with E-state index >= 15 is 0 Å². The summed E-state index contributed by atoms with van der Waals surface area (Å²) >= 11 is 0. The molecule has 3 N–H and O–H groups in total. The minimum atomic E-state index is -1.16. The fraction of sp³-hybridized carbons (Fsp3) is 0.250. The van der Waals surface area contributed by atoms with Gasteiger partial charge in [0, 0.05) is 11.9 Å². The summed E-state index contributed by atoms with van der Waals surface area (Å²) < 4.78 is 11.5. The maximum absolute atomic E-state index is 11.5. The molecule has 0 saturated carbocycles. The van der Waals surface area contributed by atoms with E-state index in [0.717, 1.165) is 0 Å². The lowest BCUT2D eigenvalue weighted by atomic mass is 10.3. The van der Waals surface area contributed by atoms with E-state index in [1.54, 1.807) is 19.1 Å². The second-order valence-corrected chi connectivity index (χ2v) is 4.18. The molecular formula is C8H11N3O2S. The minimum absolute atomic E-state index is 0.123. The fourth-order valence-electron chi connectivity index (χ4n) is 0.969. The van der Waals surface area contributed by atoms with E-state index in [1.807, 2.05) is 0 Å². The van der Waals surface area contributed by atoms with Crippen molar-refractivity contribution in [2.45, 2.75) is 11.8 Å². The van der Waals surface area contributed by atoms with Gasteiger partial charge < -0.3 is 10.9 Å². The van der Waals surface area contributed by atoms with Gasteiger partial charge in [0.05, 0.1) is 15.7 Å². The SMILES string of the molecule is CC[S@](=O)c1cccnc1C(N)=NO. The normalized spacial score (nSPS) is 13.9. The van der Waals surface area contributed by atoms with Crippen LogP contribution in [-0.4, -0.2) is 26.0 Å². The molecule has 0 aliphatic heterocycles. The van der Waals surface area contributed by atoms with Gasteiger partial charge >= 0.3 is 0 Å². The first-order chi connectivity index (χ1) is 6.70. The standard InChI is InChI=1S/C8H11N3O2S/c1-2-14(13)6-4-3-5-10-7(6)8(9)11-12/h3-5,12H,2H2,1H3,(H2,9,11)/t14-/m0/s1. The Morgan fingerprint density at radius 2 is 2.50 bits per heavy atom. The number of aromatic nitrogens is 1. The van der Waals surface area contributed by atoms with Crippen LogP contribution in [0.1, 0.15) is 12.6 Å². The van der Waals surface area contributed by atoms with Gasteiger partial charge in [-0.05, 0) is 12.1 Å². The number of amidine groups is 1. The molecule has 0 saturated heterocycles. The summed E-state index contributed by atoms with van der Waals surface area (Å²) in [6.45, 7) is 1.79. The highest BCUT2D eigenvalue weighted by atomic mass is 32.2. The van der Waals surface area contributed by atoms with Crippen LogP contribution in [0.15, 0.2) is 28.4 Å². The Morgan fingerprint density at radius 1 is 1.79 bits per heavy atom. The molecule has 0 radical (unpaired) electrons. The van der Waals surface area contributed by atoms with Crippen LogP contribution in [0.4, 0.5) is 0 Å². The smallest absolute Gasteiger partial charge is 0.189 e. The molecule has 0 aliphatic carbocycles. The Morgan fingerprint density at radius 3 is 3.07 bits per heavy atom. The Hall–Kier alpha value is -1.43. The summed E-state index contributed by atoms with van der Waals surface area (Å²) in [6, 6.07) is 3.32. The van der Waals surface area contributed by atoms with Gasteiger partial charge in [0.15, 0.2) is 5.84 Å². The molecule has 1 atom stereocenters. The molecule has 1 aromatic rings. The number of pyridine rings is 1. The van der Waals surface area contributed by atoms with Crippen LogP contribution in [0.3, 0.4) is 0 Å². The first kappa shape index (κ1) is 10.6. The van der Waals surface area contributed by atoms with Gasteiger partial charge in [-0.2, -0.15) is 0 Å². The zero-order chi connectivity index (χ0) is 10.6. The number of oxime groups is 1. The molecule has 0 aromatic carbocycles. The van der Waals surface area contributed by atoms with Crippen molar-refractivity contribution in [3.8, 4) is 0 Å². The van der Waals surface area contributed by atoms with Crippen molar-refractivity contribution in [3.05, 3.63) is 24.0 Å². The van der Waals surface area contributed by atoms with Gasteiger partial charge in [-0.1, -0.05) is 12.1 Å². The number of hydrogen-bond donors (Lipinski definition) is 2. The third-order valence-electron chi connectivity index (χ3n) is 1.63. The molecule has 0 bridgehead atoms. The first-order valence-electron chi connectivity index (χ1n) is 4.02. The molecule has 0 spiro atoms. The molecule has 0 amide bonds. The molecule has 0 aliphatic rings. The quantitative estimate of drug-likeness (QED) is 0.327. The Kier molecular flexibility index (Phi) is 3.58. The Labute approximate surface area is 84.1 Å². The summed E-state index contributed by atoms with van der Waals surface area (Å²) in [5, 5.41) is 11.3. The maximum atomic E-state index is 11.5. The van der Waals surface area contributed by atoms with Crippen LogP contribution < -0.4 is 5.73 Å². The van der Waals surface area contributed by atoms with Gasteiger partial charge in [0.1, 0.15) is 5.69 Å². The third-order valence-corrected chi connectivity index (χ3v) is 2.97. The van der Waals surface area contributed by atoms with Crippen molar-refractivity contribution in [3.63, 3.8) is 0 Å². The van der Waals surface area contributed by atoms with Crippen molar-refractivity contribution in [1.82, 2.24) is 4.98 Å². The van der Waals surface area contributed by atoms with Crippen molar-refractivity contribution < 1.29 is 9.42 Å². The van der Waals surface area contributed by atoms with Crippen molar-refractivity contribution in [1.29, 1.82) is 0 Å². The zero-order valence-corrected chi connectivity index (χ0v) is 8.49. The van der Waals surface area contributed by atoms with Crippen molar-refractivity contribution in [2.75, 3.05) is 5.75 Å². The summed E-state index contributed by atoms with van der Waals surface area (Å²) in [5.41, 5.74) is 5.66. The van der Waals surface area contributed by atoms with E-state index < -0.39 is 10.8 Å². The van der Waals surface area contributed by atoms with E-state index in [9.17, 15) is 4.21 Å². The lowest BCUT2D eigenvalue weighted by molar-refractivity contribution is 0.318. The average Bonchev–Trinajstić information content (AvgIpc) is 2.27. The summed E-state index contributed by atoms with van der Waals surface area (Å²) in [4.78, 5) is 4.40. The van der Waals surface area contributed by atoms with Gasteiger partial charge in [-0.25, -0.2) is 0 Å². The second kappa shape index (κ2) is 4.71. The molecule has 1 rings (SSSR count). The molecule has 0 fully saturated rings. The van der Waals surface area contributed by atoms with Crippen LogP contribution in [0, 0.1) is 0 Å². The van der Waals surface area contributed by atoms with Crippen LogP contribution in [0.25, 0.3) is 0 Å². The Balaban J connectivity index is 3.23. The van der Waals surface area contributed by atoms with Gasteiger partial charge in [-0.3, -0.25) is 9.19 Å². The maximum Gasteiger partial charge on any atom is 0.189 e. The predicted molar refractivity (Wildman–Crippen MR) is 53.7 cm³/mol. The van der Waals surface area contributed by atoms with Gasteiger partial charge in [0.25, 0.3) is 0 Å². The predicted octanol–water partition coefficient (Wildman–Crippen LogP) is 0.304. The minimum Gasteiger partial charge on any atom is -0.409 e. The zero-order valence-electron chi connectivity index (χ0n) is 7.67. The summed E-state index contributed by atoms with van der Waals surface area (Å²) in [6.07, 6.45) is 1.50. The highest BCUT2D eigenvalue weighted by Crippen LogP contribution is 2.10. The molecule has 5 nitrogen and oxygen atoms in total. The number of hydrogen-bond acceptors (Lipinski definition) is 4. The molecular weight excluding hydrogens is 202 g/mol. The number of nitrogens with zero attached hydrogens (tertiary/aromatic N) is 2. The molecule has 76 valence electrons. The second-order valence-electron chi connectivity index (χ2n) is 2.47. The van der Waals surface area contributed by atoms with E-state index in [0.29, 0.717) is 10.6 Å². The number of nitrogens with two attached hydrogens (primary N) is 1. The average molecular weight is 213 g/mol. The largest absolute Gasteiger partial charge is 0.409 e. The highest BCUT2D eigenvalue weighted by Gasteiger charge is 2.12. The van der Waals surface area contributed by atoms with E-state index in [2.05, 4.69) is 10.1 Å². The molecule has 1 heterocycles. The highest BCUT2D eigenvalue weighted by molar-refractivity contribution is 7.85. The molecule has 1 aromatic heterocycles. The van der Waals surface area contributed by atoms with E-state index in [4.69, 9.17) is 10.9 Å². The van der Waals surface area contributed by atoms with Crippen molar-refractivity contribution in [2.24, 2.45) is 10.9 Å². The fourth-order valence-corrected chi connectivity index (χ4v) is 1.88. The van der Waals surface area contributed by atoms with E-state index in [1.165, 1.54) is 6.20 Å². The van der Waals surface area contributed by atoms with Crippen LogP contribution in [-0.2, 0) is 10.8 Å². The van der Waals surface area contributed by atoms with Crippen LogP contribution >= 0.6 is 0 Å². The van der Waals surface area contributed by atoms with Gasteiger partial charge in [-0.15, -0.1) is 0 Å². The third kappa shape index (κ3) is 2.08. The monoisotopic (exact) mass is 213 g/mol. The lowest BCUT2D eigenvalue weighted by Gasteiger charge is -2.04.